The molecule has 0 saturated carbocycles. The summed E-state index contributed by atoms with van der Waals surface area (Å²) in [6.45, 7) is 4.31. The molecule has 36 heavy (non-hydrogen) atoms. The van der Waals surface area contributed by atoms with E-state index >= 15 is 0 Å². The zero-order valence-corrected chi connectivity index (χ0v) is 19.7. The summed E-state index contributed by atoms with van der Waals surface area (Å²) < 4.78 is 5.11. The maximum atomic E-state index is 12.3. The van der Waals surface area contributed by atoms with Crippen molar-refractivity contribution in [3.8, 4) is 12.3 Å². The van der Waals surface area contributed by atoms with Crippen LogP contribution in [0.1, 0.15) is 11.3 Å². The fourth-order valence-electron chi connectivity index (χ4n) is 3.86. The zero-order chi connectivity index (χ0) is 24.9. The minimum Gasteiger partial charge on any atom is -0.447 e. The number of hydrogen-bond donors (Lipinski definition) is 3. The number of oxazole rings is 1. The summed E-state index contributed by atoms with van der Waals surface area (Å²) in [5.74, 6) is 3.78. The van der Waals surface area contributed by atoms with Gasteiger partial charge < -0.3 is 24.9 Å². The van der Waals surface area contributed by atoms with E-state index in [-0.39, 0.29) is 12.4 Å². The number of anilines is 4. The van der Waals surface area contributed by atoms with Crippen LogP contribution in [-0.4, -0.2) is 64.1 Å². The van der Waals surface area contributed by atoms with Gasteiger partial charge in [-0.15, -0.1) is 6.42 Å². The van der Waals surface area contributed by atoms with E-state index < -0.39 is 6.03 Å². The van der Waals surface area contributed by atoms with Gasteiger partial charge in [0.05, 0.1) is 18.1 Å². The van der Waals surface area contributed by atoms with Gasteiger partial charge in [-0.05, 0) is 37.4 Å². The van der Waals surface area contributed by atoms with Gasteiger partial charge in [-0.3, -0.25) is 5.32 Å². The Balaban J connectivity index is 1.29. The number of piperazine rings is 1. The van der Waals surface area contributed by atoms with Crippen molar-refractivity contribution in [3.63, 3.8) is 0 Å². The molecule has 4 heterocycles. The molecule has 0 bridgehead atoms. The number of rotatable bonds is 6. The van der Waals surface area contributed by atoms with Gasteiger partial charge in [-0.1, -0.05) is 5.92 Å². The standard InChI is InChI=1S/C25H25N9O2/c1-3-17-12-22(31-25(35)28-14-20-13-26-16-36-20)30-23-21(17)15-27-24(32-23)29-18-4-6-19(7-5-18)34-10-8-33(2)9-11-34/h1,4-7,12-13,15-16H,8-11,14H2,2H3,(H3,27,28,29,30,31,32,35). The van der Waals surface area contributed by atoms with Crippen LogP contribution < -0.4 is 20.9 Å². The second kappa shape index (κ2) is 10.3. The molecule has 182 valence electrons. The number of aromatic nitrogens is 4. The summed E-state index contributed by atoms with van der Waals surface area (Å²) in [5, 5.41) is 9.16. The normalized spacial score (nSPS) is 13.8. The van der Waals surface area contributed by atoms with Gasteiger partial charge in [0, 0.05) is 49.3 Å². The Hall–Kier alpha value is -4.69. The molecule has 0 unspecified atom stereocenters. The largest absolute Gasteiger partial charge is 0.447 e. The lowest BCUT2D eigenvalue weighted by Gasteiger charge is -2.34. The molecule has 3 aromatic heterocycles. The van der Waals surface area contributed by atoms with Gasteiger partial charge in [0.2, 0.25) is 5.95 Å². The van der Waals surface area contributed by atoms with Crippen LogP contribution in [0.3, 0.4) is 0 Å². The smallest absolute Gasteiger partial charge is 0.320 e. The summed E-state index contributed by atoms with van der Waals surface area (Å²) >= 11 is 0. The van der Waals surface area contributed by atoms with Gasteiger partial charge in [0.25, 0.3) is 0 Å². The average molecular weight is 484 g/mol. The van der Waals surface area contributed by atoms with Crippen LogP contribution in [0.2, 0.25) is 0 Å². The van der Waals surface area contributed by atoms with E-state index in [9.17, 15) is 4.79 Å². The number of benzene rings is 1. The first-order valence-electron chi connectivity index (χ1n) is 11.4. The SMILES string of the molecule is C#Cc1cc(NC(=O)NCc2cnco2)nc2nc(Nc3ccc(N4CCN(C)CC4)cc3)ncc12. The Morgan fingerprint density at radius 2 is 1.94 bits per heavy atom. The van der Waals surface area contributed by atoms with Crippen LogP contribution in [0.25, 0.3) is 11.0 Å². The van der Waals surface area contributed by atoms with Crippen molar-refractivity contribution in [3.05, 3.63) is 60.4 Å². The Morgan fingerprint density at radius 1 is 1.14 bits per heavy atom. The predicted molar refractivity (Wildman–Crippen MR) is 137 cm³/mol. The number of urea groups is 1. The van der Waals surface area contributed by atoms with E-state index in [0.29, 0.717) is 28.3 Å². The molecule has 11 nitrogen and oxygen atoms in total. The number of carbonyl (C=O) groups is 1. The molecule has 11 heteroatoms. The van der Waals surface area contributed by atoms with E-state index in [1.807, 2.05) is 12.1 Å². The minimum absolute atomic E-state index is 0.186. The summed E-state index contributed by atoms with van der Waals surface area (Å²) in [6.07, 6.45) is 10.1. The van der Waals surface area contributed by atoms with E-state index in [1.54, 1.807) is 12.3 Å². The predicted octanol–water partition coefficient (Wildman–Crippen LogP) is 2.81. The van der Waals surface area contributed by atoms with E-state index in [2.05, 4.69) is 70.8 Å². The number of amides is 2. The van der Waals surface area contributed by atoms with Gasteiger partial charge >= 0.3 is 6.03 Å². The highest BCUT2D eigenvalue weighted by Crippen LogP contribution is 2.23. The average Bonchev–Trinajstić information content (AvgIpc) is 3.42. The third-order valence-corrected chi connectivity index (χ3v) is 5.86. The van der Waals surface area contributed by atoms with Crippen LogP contribution in [0, 0.1) is 12.3 Å². The Morgan fingerprint density at radius 3 is 2.67 bits per heavy atom. The molecule has 2 amide bonds. The number of fused-ring (bicyclic) bond motifs is 1. The van der Waals surface area contributed by atoms with Gasteiger partial charge in [0.1, 0.15) is 11.6 Å². The van der Waals surface area contributed by atoms with E-state index in [4.69, 9.17) is 10.8 Å². The molecule has 0 radical (unpaired) electrons. The van der Waals surface area contributed by atoms with Crippen LogP contribution in [0.5, 0.6) is 0 Å². The first kappa shape index (κ1) is 23.1. The molecular weight excluding hydrogens is 458 g/mol. The number of terminal acetylenes is 1. The van der Waals surface area contributed by atoms with Crippen LogP contribution in [0.4, 0.5) is 27.9 Å². The highest BCUT2D eigenvalue weighted by molar-refractivity contribution is 5.91. The molecular formula is C25H25N9O2. The van der Waals surface area contributed by atoms with Crippen LogP contribution >= 0.6 is 0 Å². The molecule has 0 spiro atoms. The minimum atomic E-state index is -0.464. The first-order valence-corrected chi connectivity index (χ1v) is 11.4. The molecule has 1 aliphatic heterocycles. The monoisotopic (exact) mass is 483 g/mol. The molecule has 5 rings (SSSR count). The van der Waals surface area contributed by atoms with Crippen molar-refractivity contribution in [2.24, 2.45) is 0 Å². The van der Waals surface area contributed by atoms with Crippen LogP contribution in [0.15, 0.2) is 53.5 Å². The van der Waals surface area contributed by atoms with Crippen molar-refractivity contribution in [1.82, 2.24) is 30.2 Å². The molecule has 1 saturated heterocycles. The highest BCUT2D eigenvalue weighted by Gasteiger charge is 2.14. The number of pyridine rings is 1. The molecule has 4 aromatic rings. The second-order valence-corrected chi connectivity index (χ2v) is 8.37. The number of likely N-dealkylation sites (N-methyl/N-ethyl adjacent to an activating group) is 1. The fraction of sp³-hybridized carbons (Fsp3) is 0.240. The molecule has 0 aliphatic carbocycles. The van der Waals surface area contributed by atoms with Crippen molar-refractivity contribution >= 4 is 40.2 Å². The summed E-state index contributed by atoms with van der Waals surface area (Å²) in [4.78, 5) is 34.1. The zero-order valence-electron chi connectivity index (χ0n) is 19.7. The number of carbonyl (C=O) groups excluding carboxylic acids is 1. The van der Waals surface area contributed by atoms with Crippen molar-refractivity contribution < 1.29 is 9.21 Å². The molecule has 1 aliphatic rings. The lowest BCUT2D eigenvalue weighted by molar-refractivity contribution is 0.250. The Labute approximate surface area is 208 Å². The number of nitrogens with zero attached hydrogens (tertiary/aromatic N) is 6. The van der Waals surface area contributed by atoms with E-state index in [0.717, 1.165) is 31.9 Å². The number of hydrogen-bond acceptors (Lipinski definition) is 9. The van der Waals surface area contributed by atoms with Crippen molar-refractivity contribution in [2.45, 2.75) is 6.54 Å². The summed E-state index contributed by atoms with van der Waals surface area (Å²) in [6, 6.07) is 9.31. The fourth-order valence-corrected chi connectivity index (χ4v) is 3.86. The molecule has 3 N–H and O–H groups in total. The van der Waals surface area contributed by atoms with Gasteiger partial charge in [0.15, 0.2) is 12.0 Å². The maximum absolute atomic E-state index is 12.3. The van der Waals surface area contributed by atoms with Gasteiger partial charge in [-0.2, -0.15) is 4.98 Å². The lowest BCUT2D eigenvalue weighted by atomic mass is 10.2. The van der Waals surface area contributed by atoms with Gasteiger partial charge in [-0.25, -0.2) is 19.7 Å². The topological polar surface area (TPSA) is 124 Å². The Bertz CT molecular complexity index is 1390. The molecule has 1 aromatic carbocycles. The molecule has 1 fully saturated rings. The number of nitrogens with one attached hydrogen (secondary N) is 3. The lowest BCUT2D eigenvalue weighted by Crippen LogP contribution is -2.44. The highest BCUT2D eigenvalue weighted by atomic mass is 16.3. The summed E-state index contributed by atoms with van der Waals surface area (Å²) in [5.41, 5.74) is 2.92. The molecule has 0 atom stereocenters. The summed E-state index contributed by atoms with van der Waals surface area (Å²) in [7, 11) is 2.14. The Kier molecular flexibility index (Phi) is 6.59. The van der Waals surface area contributed by atoms with Crippen LogP contribution in [-0.2, 0) is 6.54 Å². The third kappa shape index (κ3) is 5.34. The van der Waals surface area contributed by atoms with Crippen molar-refractivity contribution in [2.75, 3.05) is 48.8 Å². The third-order valence-electron chi connectivity index (χ3n) is 5.86. The first-order chi connectivity index (χ1) is 17.6. The second-order valence-electron chi connectivity index (χ2n) is 8.37. The van der Waals surface area contributed by atoms with Crippen molar-refractivity contribution in [1.29, 1.82) is 0 Å². The quantitative estimate of drug-likeness (QED) is 0.355. The maximum Gasteiger partial charge on any atom is 0.320 e. The van der Waals surface area contributed by atoms with E-state index in [1.165, 1.54) is 18.3 Å².